The van der Waals surface area contributed by atoms with Gasteiger partial charge in [-0.1, -0.05) is 24.3 Å². The van der Waals surface area contributed by atoms with Crippen molar-refractivity contribution in [1.82, 2.24) is 4.57 Å². The summed E-state index contributed by atoms with van der Waals surface area (Å²) in [6.07, 6.45) is 2.36. The van der Waals surface area contributed by atoms with Gasteiger partial charge in [-0.15, -0.1) is 0 Å². The van der Waals surface area contributed by atoms with Gasteiger partial charge in [-0.05, 0) is 35.4 Å². The molecule has 0 saturated heterocycles. The number of hydrogen-bond donors (Lipinski definition) is 1. The number of hydrogen-bond acceptors (Lipinski definition) is 4. The normalized spacial score (nSPS) is 10.6. The number of ether oxygens (including phenoxy) is 2. The Kier molecular flexibility index (Phi) is 5.94. The van der Waals surface area contributed by atoms with Crippen molar-refractivity contribution in [3.8, 4) is 11.5 Å². The van der Waals surface area contributed by atoms with E-state index in [1.807, 2.05) is 59.3 Å². The Hall–Kier alpha value is -3.05. The van der Waals surface area contributed by atoms with E-state index in [9.17, 15) is 9.90 Å². The molecule has 0 aliphatic carbocycles. The highest BCUT2D eigenvalue weighted by Gasteiger charge is 2.08. The fourth-order valence-electron chi connectivity index (χ4n) is 2.97. The van der Waals surface area contributed by atoms with Gasteiger partial charge in [-0.25, -0.2) is 0 Å². The van der Waals surface area contributed by atoms with Gasteiger partial charge in [0.15, 0.2) is 5.43 Å². The molecule has 5 nitrogen and oxygen atoms in total. The molecule has 0 unspecified atom stereocenters. The van der Waals surface area contributed by atoms with Crippen LogP contribution in [0, 0.1) is 0 Å². The largest absolute Gasteiger partial charge is 0.497 e. The zero-order valence-corrected chi connectivity index (χ0v) is 15.5. The van der Waals surface area contributed by atoms with E-state index in [1.54, 1.807) is 14.2 Å². The second-order valence-corrected chi connectivity index (χ2v) is 6.31. The lowest BCUT2D eigenvalue weighted by molar-refractivity contribution is 0.270. The molecule has 3 aromatic rings. The zero-order chi connectivity index (χ0) is 19.2. The van der Waals surface area contributed by atoms with Crippen LogP contribution in [-0.2, 0) is 19.6 Å². The van der Waals surface area contributed by atoms with E-state index in [1.165, 1.54) is 6.07 Å². The molecule has 2 aromatic carbocycles. The molecule has 0 radical (unpaired) electrons. The molecule has 140 valence electrons. The van der Waals surface area contributed by atoms with Gasteiger partial charge in [0.05, 0.1) is 20.8 Å². The van der Waals surface area contributed by atoms with Gasteiger partial charge in [0.1, 0.15) is 11.5 Å². The minimum absolute atomic E-state index is 0.0687. The maximum atomic E-state index is 12.4. The number of benzene rings is 2. The summed E-state index contributed by atoms with van der Waals surface area (Å²) in [6.45, 7) is 0.379. The molecule has 0 saturated carbocycles. The number of nitrogens with zero attached hydrogens (tertiary/aromatic N) is 1. The summed E-state index contributed by atoms with van der Waals surface area (Å²) in [7, 11) is 3.26. The van der Waals surface area contributed by atoms with E-state index in [2.05, 4.69) is 0 Å². The van der Waals surface area contributed by atoms with E-state index in [4.69, 9.17) is 9.47 Å². The van der Waals surface area contributed by atoms with Gasteiger partial charge in [-0.3, -0.25) is 4.79 Å². The zero-order valence-electron chi connectivity index (χ0n) is 15.5. The molecule has 27 heavy (non-hydrogen) atoms. The van der Waals surface area contributed by atoms with Crippen molar-refractivity contribution in [3.63, 3.8) is 0 Å². The first-order valence-electron chi connectivity index (χ1n) is 8.72. The van der Waals surface area contributed by atoms with Crippen molar-refractivity contribution in [2.24, 2.45) is 0 Å². The predicted molar refractivity (Wildman–Crippen MR) is 105 cm³/mol. The minimum atomic E-state index is -0.186. The summed E-state index contributed by atoms with van der Waals surface area (Å²) in [6, 6.07) is 16.9. The van der Waals surface area contributed by atoms with E-state index >= 15 is 0 Å². The van der Waals surface area contributed by atoms with E-state index in [0.717, 1.165) is 22.6 Å². The van der Waals surface area contributed by atoms with Crippen molar-refractivity contribution in [2.45, 2.75) is 19.6 Å². The molecular formula is C22H23NO4. The van der Waals surface area contributed by atoms with Crippen molar-refractivity contribution < 1.29 is 14.6 Å². The minimum Gasteiger partial charge on any atom is -0.497 e. The third kappa shape index (κ3) is 4.57. The van der Waals surface area contributed by atoms with Gasteiger partial charge in [0, 0.05) is 36.5 Å². The molecule has 0 spiro atoms. The number of methoxy groups -OCH3 is 2. The third-order valence-corrected chi connectivity index (χ3v) is 4.52. The van der Waals surface area contributed by atoms with Crippen LogP contribution in [0.15, 0.2) is 65.6 Å². The summed E-state index contributed by atoms with van der Waals surface area (Å²) in [4.78, 5) is 12.4. The summed E-state index contributed by atoms with van der Waals surface area (Å²) in [5, 5.41) is 9.65. The summed E-state index contributed by atoms with van der Waals surface area (Å²) in [5.74, 6) is 1.58. The van der Waals surface area contributed by atoms with Crippen LogP contribution in [0.5, 0.6) is 11.5 Å². The molecule has 3 rings (SSSR count). The first kappa shape index (κ1) is 18.7. The Balaban J connectivity index is 1.88. The lowest BCUT2D eigenvalue weighted by Gasteiger charge is -2.14. The Morgan fingerprint density at radius 2 is 1.44 bits per heavy atom. The molecular weight excluding hydrogens is 342 g/mol. The topological polar surface area (TPSA) is 60.7 Å². The molecule has 0 bridgehead atoms. The van der Waals surface area contributed by atoms with Gasteiger partial charge in [-0.2, -0.15) is 0 Å². The number of pyridine rings is 1. The monoisotopic (exact) mass is 365 g/mol. The highest BCUT2D eigenvalue weighted by molar-refractivity contribution is 5.32. The Bertz CT molecular complexity index is 944. The van der Waals surface area contributed by atoms with Gasteiger partial charge >= 0.3 is 0 Å². The number of aliphatic hydroxyl groups is 1. The fourth-order valence-corrected chi connectivity index (χ4v) is 2.97. The standard InChI is InChI=1S/C22H23NO4/c1-26-20-7-3-16(4-8-20)11-18-14-23(19(15-24)12-22(18)25)13-17-5-9-21(27-2)10-6-17/h3-10,12,14,24H,11,13,15H2,1-2H3. The number of aromatic nitrogens is 1. The predicted octanol–water partition coefficient (Wildman–Crippen LogP) is 3.00. The highest BCUT2D eigenvalue weighted by atomic mass is 16.5. The molecule has 1 N–H and O–H groups in total. The van der Waals surface area contributed by atoms with Gasteiger partial charge in [0.25, 0.3) is 0 Å². The van der Waals surface area contributed by atoms with E-state index < -0.39 is 0 Å². The van der Waals surface area contributed by atoms with Crippen molar-refractivity contribution in [3.05, 3.63) is 93.4 Å². The fraction of sp³-hybridized carbons (Fsp3) is 0.227. The van der Waals surface area contributed by atoms with Crippen LogP contribution in [0.1, 0.15) is 22.4 Å². The molecule has 0 atom stereocenters. The second kappa shape index (κ2) is 8.56. The van der Waals surface area contributed by atoms with Crippen molar-refractivity contribution in [2.75, 3.05) is 14.2 Å². The Labute approximate surface area is 158 Å². The number of aliphatic hydroxyl groups excluding tert-OH is 1. The average Bonchev–Trinajstić information content (AvgIpc) is 2.71. The molecule has 0 aliphatic rings. The van der Waals surface area contributed by atoms with E-state index in [0.29, 0.717) is 24.2 Å². The molecule has 0 amide bonds. The lowest BCUT2D eigenvalue weighted by Crippen LogP contribution is -2.17. The van der Waals surface area contributed by atoms with Gasteiger partial charge < -0.3 is 19.1 Å². The highest BCUT2D eigenvalue weighted by Crippen LogP contribution is 2.16. The molecule has 1 aromatic heterocycles. The van der Waals surface area contributed by atoms with E-state index in [-0.39, 0.29) is 12.0 Å². The van der Waals surface area contributed by atoms with Crippen LogP contribution in [0.2, 0.25) is 0 Å². The quantitative estimate of drug-likeness (QED) is 0.699. The van der Waals surface area contributed by atoms with Crippen molar-refractivity contribution >= 4 is 0 Å². The smallest absolute Gasteiger partial charge is 0.185 e. The number of rotatable bonds is 7. The summed E-state index contributed by atoms with van der Waals surface area (Å²) >= 11 is 0. The SMILES string of the molecule is COc1ccc(Cc2cn(Cc3ccc(OC)cc3)c(CO)cc2=O)cc1. The van der Waals surface area contributed by atoms with Crippen LogP contribution >= 0.6 is 0 Å². The molecule has 5 heteroatoms. The van der Waals surface area contributed by atoms with Crippen LogP contribution < -0.4 is 14.9 Å². The maximum Gasteiger partial charge on any atom is 0.185 e. The molecule has 1 heterocycles. The van der Waals surface area contributed by atoms with Gasteiger partial charge in [0.2, 0.25) is 0 Å². The summed E-state index contributed by atoms with van der Waals surface area (Å²) in [5.41, 5.74) is 3.30. The molecule has 0 fully saturated rings. The second-order valence-electron chi connectivity index (χ2n) is 6.31. The third-order valence-electron chi connectivity index (χ3n) is 4.52. The Morgan fingerprint density at radius 3 is 1.96 bits per heavy atom. The van der Waals surface area contributed by atoms with Crippen molar-refractivity contribution in [1.29, 1.82) is 0 Å². The average molecular weight is 365 g/mol. The maximum absolute atomic E-state index is 12.4. The summed E-state index contributed by atoms with van der Waals surface area (Å²) < 4.78 is 12.3. The lowest BCUT2D eigenvalue weighted by atomic mass is 10.1. The first-order chi connectivity index (χ1) is 13.1. The van der Waals surface area contributed by atoms with Crippen LogP contribution in [0.25, 0.3) is 0 Å². The Morgan fingerprint density at radius 1 is 0.889 bits per heavy atom. The molecule has 0 aliphatic heterocycles. The first-order valence-corrected chi connectivity index (χ1v) is 8.72. The van der Waals surface area contributed by atoms with Crippen LogP contribution in [-0.4, -0.2) is 23.9 Å². The van der Waals surface area contributed by atoms with Crippen LogP contribution in [0.3, 0.4) is 0 Å². The van der Waals surface area contributed by atoms with Crippen LogP contribution in [0.4, 0.5) is 0 Å².